The molecule has 2 nitrogen and oxygen atoms in total. The molecule has 0 aliphatic carbocycles. The number of nitrogens with two attached hydrogens (primary N) is 1. The first-order valence-electron chi connectivity index (χ1n) is 6.37. The summed E-state index contributed by atoms with van der Waals surface area (Å²) in [6.45, 7) is 2.87. The fraction of sp³-hybridized carbons (Fsp3) is 0.250. The molecule has 0 saturated heterocycles. The van der Waals surface area contributed by atoms with E-state index < -0.39 is 0 Å². The number of aryl methyl sites for hydroxylation is 1. The van der Waals surface area contributed by atoms with Gasteiger partial charge >= 0.3 is 0 Å². The van der Waals surface area contributed by atoms with E-state index in [1.807, 2.05) is 12.1 Å². The van der Waals surface area contributed by atoms with E-state index in [1.165, 1.54) is 11.1 Å². The molecule has 0 fully saturated rings. The van der Waals surface area contributed by atoms with E-state index in [9.17, 15) is 0 Å². The Bertz CT molecular complexity index is 590. The molecule has 2 N–H and O–H groups in total. The topological polar surface area (TPSA) is 35.2 Å². The van der Waals surface area contributed by atoms with E-state index in [0.29, 0.717) is 0 Å². The lowest BCUT2D eigenvalue weighted by atomic mass is 9.94. The van der Waals surface area contributed by atoms with Gasteiger partial charge in [0.15, 0.2) is 0 Å². The van der Waals surface area contributed by atoms with E-state index in [0.717, 1.165) is 42.0 Å². The zero-order valence-electron chi connectivity index (χ0n) is 10.6. The molecule has 2 aromatic rings. The summed E-state index contributed by atoms with van der Waals surface area (Å²) < 4.78 is 5.86. The lowest BCUT2D eigenvalue weighted by molar-refractivity contribution is 0.289. The lowest BCUT2D eigenvalue weighted by Crippen LogP contribution is -2.09. The van der Waals surface area contributed by atoms with Crippen molar-refractivity contribution in [1.29, 1.82) is 0 Å². The van der Waals surface area contributed by atoms with Gasteiger partial charge in [-0.1, -0.05) is 30.3 Å². The van der Waals surface area contributed by atoms with Crippen LogP contribution < -0.4 is 10.5 Å². The Kier molecular flexibility index (Phi) is 2.71. The highest BCUT2D eigenvalue weighted by atomic mass is 16.5. The molecule has 2 heteroatoms. The summed E-state index contributed by atoms with van der Waals surface area (Å²) in [5, 5.41) is 0. The molecular formula is C16H17NO. The van der Waals surface area contributed by atoms with Crippen molar-refractivity contribution in [2.45, 2.75) is 19.8 Å². The molecule has 0 spiro atoms. The van der Waals surface area contributed by atoms with Crippen LogP contribution in [0.3, 0.4) is 0 Å². The van der Waals surface area contributed by atoms with Crippen molar-refractivity contribution < 1.29 is 4.74 Å². The molecular weight excluding hydrogens is 222 g/mol. The molecule has 2 aromatic carbocycles. The molecule has 1 aliphatic heterocycles. The number of hydrogen-bond acceptors (Lipinski definition) is 2. The fourth-order valence-electron chi connectivity index (χ4n) is 2.55. The fourth-order valence-corrected chi connectivity index (χ4v) is 2.55. The van der Waals surface area contributed by atoms with Crippen molar-refractivity contribution in [1.82, 2.24) is 0 Å². The minimum absolute atomic E-state index is 0.811. The van der Waals surface area contributed by atoms with Crippen molar-refractivity contribution in [3.63, 3.8) is 0 Å². The van der Waals surface area contributed by atoms with Gasteiger partial charge in [-0.2, -0.15) is 0 Å². The van der Waals surface area contributed by atoms with Crippen LogP contribution in [-0.2, 0) is 6.42 Å². The third-order valence-electron chi connectivity index (χ3n) is 3.60. The molecule has 3 rings (SSSR count). The molecule has 18 heavy (non-hydrogen) atoms. The standard InChI is InChI=1S/C16H17NO/c1-11-13(7-3-9-15(11)17)14-8-2-5-12-6-4-10-18-16(12)14/h2-3,5,7-9H,4,6,10,17H2,1H3. The Balaban J connectivity index is 2.20. The monoisotopic (exact) mass is 239 g/mol. The number of ether oxygens (including phenoxy) is 1. The van der Waals surface area contributed by atoms with Gasteiger partial charge in [0.1, 0.15) is 5.75 Å². The minimum Gasteiger partial charge on any atom is -0.493 e. The molecule has 0 bridgehead atoms. The Morgan fingerprint density at radius 1 is 1.06 bits per heavy atom. The van der Waals surface area contributed by atoms with Crippen LogP contribution in [0.15, 0.2) is 36.4 Å². The van der Waals surface area contributed by atoms with Gasteiger partial charge in [-0.15, -0.1) is 0 Å². The highest BCUT2D eigenvalue weighted by Crippen LogP contribution is 2.38. The number of benzene rings is 2. The van der Waals surface area contributed by atoms with Gasteiger partial charge in [0.2, 0.25) is 0 Å². The second-order valence-corrected chi connectivity index (χ2v) is 4.77. The molecule has 0 atom stereocenters. The number of nitrogen functional groups attached to an aromatic ring is 1. The number of fused-ring (bicyclic) bond motifs is 1. The van der Waals surface area contributed by atoms with Gasteiger partial charge < -0.3 is 10.5 Å². The third kappa shape index (κ3) is 1.74. The summed E-state index contributed by atoms with van der Waals surface area (Å²) in [7, 11) is 0. The number of para-hydroxylation sites is 1. The van der Waals surface area contributed by atoms with Crippen LogP contribution in [0.4, 0.5) is 5.69 Å². The summed E-state index contributed by atoms with van der Waals surface area (Å²) in [6, 6.07) is 12.4. The van der Waals surface area contributed by atoms with Gasteiger partial charge in [0, 0.05) is 11.3 Å². The van der Waals surface area contributed by atoms with E-state index in [4.69, 9.17) is 10.5 Å². The summed E-state index contributed by atoms with van der Waals surface area (Å²) in [5.41, 5.74) is 11.6. The van der Waals surface area contributed by atoms with E-state index in [1.54, 1.807) is 0 Å². The Morgan fingerprint density at radius 2 is 1.83 bits per heavy atom. The van der Waals surface area contributed by atoms with Gasteiger partial charge in [-0.3, -0.25) is 0 Å². The second kappa shape index (κ2) is 4.37. The van der Waals surface area contributed by atoms with E-state index >= 15 is 0 Å². The quantitative estimate of drug-likeness (QED) is 0.772. The third-order valence-corrected chi connectivity index (χ3v) is 3.60. The van der Waals surface area contributed by atoms with Crippen molar-refractivity contribution in [2.75, 3.05) is 12.3 Å². The zero-order chi connectivity index (χ0) is 12.5. The van der Waals surface area contributed by atoms with E-state index in [-0.39, 0.29) is 0 Å². The summed E-state index contributed by atoms with van der Waals surface area (Å²) in [6.07, 6.45) is 2.21. The first kappa shape index (κ1) is 11.1. The second-order valence-electron chi connectivity index (χ2n) is 4.77. The predicted octanol–water partition coefficient (Wildman–Crippen LogP) is 3.57. The predicted molar refractivity (Wildman–Crippen MR) is 74.8 cm³/mol. The first-order chi connectivity index (χ1) is 8.77. The zero-order valence-corrected chi connectivity index (χ0v) is 10.6. The van der Waals surface area contributed by atoms with Crippen LogP contribution in [0.25, 0.3) is 11.1 Å². The van der Waals surface area contributed by atoms with Crippen molar-refractivity contribution >= 4 is 5.69 Å². The number of hydrogen-bond donors (Lipinski definition) is 1. The SMILES string of the molecule is Cc1c(N)cccc1-c1cccc2c1OCCC2. The van der Waals surface area contributed by atoms with Crippen LogP contribution >= 0.6 is 0 Å². The van der Waals surface area contributed by atoms with Crippen LogP contribution in [0.1, 0.15) is 17.5 Å². The molecule has 1 heterocycles. The van der Waals surface area contributed by atoms with Crippen LogP contribution in [0, 0.1) is 6.92 Å². The highest BCUT2D eigenvalue weighted by molar-refractivity contribution is 5.78. The maximum atomic E-state index is 5.99. The minimum atomic E-state index is 0.811. The average Bonchev–Trinajstić information content (AvgIpc) is 2.41. The molecule has 0 saturated carbocycles. The van der Waals surface area contributed by atoms with Gasteiger partial charge in [-0.05, 0) is 42.5 Å². The largest absolute Gasteiger partial charge is 0.493 e. The molecule has 0 aromatic heterocycles. The number of anilines is 1. The normalized spacial score (nSPS) is 13.8. The van der Waals surface area contributed by atoms with Crippen LogP contribution in [0.5, 0.6) is 5.75 Å². The molecule has 0 unspecified atom stereocenters. The van der Waals surface area contributed by atoms with Crippen molar-refractivity contribution in [3.8, 4) is 16.9 Å². The summed E-state index contributed by atoms with van der Waals surface area (Å²) in [4.78, 5) is 0. The molecule has 92 valence electrons. The molecule has 1 aliphatic rings. The van der Waals surface area contributed by atoms with Crippen molar-refractivity contribution in [3.05, 3.63) is 47.5 Å². The van der Waals surface area contributed by atoms with Crippen LogP contribution in [0.2, 0.25) is 0 Å². The number of rotatable bonds is 1. The Morgan fingerprint density at radius 3 is 2.72 bits per heavy atom. The molecule has 0 amide bonds. The van der Waals surface area contributed by atoms with Gasteiger partial charge in [0.25, 0.3) is 0 Å². The Labute approximate surface area is 107 Å². The summed E-state index contributed by atoms with van der Waals surface area (Å²) in [5.74, 6) is 1.04. The smallest absolute Gasteiger partial charge is 0.130 e. The lowest BCUT2D eigenvalue weighted by Gasteiger charge is -2.21. The van der Waals surface area contributed by atoms with Crippen LogP contribution in [-0.4, -0.2) is 6.61 Å². The van der Waals surface area contributed by atoms with Gasteiger partial charge in [0.05, 0.1) is 6.61 Å². The molecule has 0 radical (unpaired) electrons. The maximum Gasteiger partial charge on any atom is 0.130 e. The maximum absolute atomic E-state index is 5.99. The van der Waals surface area contributed by atoms with Crippen molar-refractivity contribution in [2.24, 2.45) is 0 Å². The van der Waals surface area contributed by atoms with Gasteiger partial charge in [-0.25, -0.2) is 0 Å². The summed E-state index contributed by atoms with van der Waals surface area (Å²) >= 11 is 0. The Hall–Kier alpha value is -1.96. The highest BCUT2D eigenvalue weighted by Gasteiger charge is 2.16. The first-order valence-corrected chi connectivity index (χ1v) is 6.37. The van der Waals surface area contributed by atoms with E-state index in [2.05, 4.69) is 31.2 Å². The average molecular weight is 239 g/mol.